The van der Waals surface area contributed by atoms with Crippen LogP contribution in [0.4, 0.5) is 0 Å². The van der Waals surface area contributed by atoms with Gasteiger partial charge in [0.1, 0.15) is 5.82 Å². The van der Waals surface area contributed by atoms with Crippen molar-refractivity contribution in [3.8, 4) is 50.5 Å². The lowest BCUT2D eigenvalue weighted by atomic mass is 9.80. The normalized spacial score (nSPS) is 13.2. The molecule has 0 atom stereocenters. The maximum atomic E-state index is 5.13. The van der Waals surface area contributed by atoms with E-state index in [0.717, 1.165) is 28.1 Å². The Bertz CT molecular complexity index is 2820. The third kappa shape index (κ3) is 4.46. The first-order valence-corrected chi connectivity index (χ1v) is 17.8. The van der Waals surface area contributed by atoms with E-state index in [-0.39, 0.29) is 5.41 Å². The predicted octanol–water partition coefficient (Wildman–Crippen LogP) is 12.9. The van der Waals surface area contributed by atoms with E-state index in [9.17, 15) is 0 Å². The molecule has 0 spiro atoms. The summed E-state index contributed by atoms with van der Waals surface area (Å²) in [6.07, 6.45) is 0. The molecule has 1 aromatic heterocycles. The summed E-state index contributed by atoms with van der Waals surface area (Å²) < 4.78 is 2.27. The molecule has 51 heavy (non-hydrogen) atoms. The fourth-order valence-corrected chi connectivity index (χ4v) is 8.62. The van der Waals surface area contributed by atoms with E-state index in [4.69, 9.17) is 4.98 Å². The van der Waals surface area contributed by atoms with Crippen LogP contribution in [0.1, 0.15) is 30.5 Å². The quantitative estimate of drug-likeness (QED) is 0.173. The van der Waals surface area contributed by atoms with Crippen molar-refractivity contribution in [3.63, 3.8) is 0 Å². The molecule has 0 radical (unpaired) electrons. The number of nitrogens with zero attached hydrogens (tertiary/aromatic N) is 2. The third-order valence-electron chi connectivity index (χ3n) is 11.1. The maximum Gasteiger partial charge on any atom is 0.145 e. The summed E-state index contributed by atoms with van der Waals surface area (Å²) in [4.78, 5) is 5.13. The van der Waals surface area contributed by atoms with Gasteiger partial charge >= 0.3 is 0 Å². The predicted molar refractivity (Wildman–Crippen MR) is 215 cm³/mol. The second-order valence-corrected chi connectivity index (χ2v) is 14.4. The van der Waals surface area contributed by atoms with Gasteiger partial charge in [0.15, 0.2) is 0 Å². The smallest absolute Gasteiger partial charge is 0.145 e. The van der Waals surface area contributed by atoms with Crippen molar-refractivity contribution in [1.82, 2.24) is 9.55 Å². The summed E-state index contributed by atoms with van der Waals surface area (Å²) in [7, 11) is 0. The molecule has 0 saturated carbocycles. The zero-order chi connectivity index (χ0) is 34.3. The van der Waals surface area contributed by atoms with Crippen LogP contribution in [0.25, 0.3) is 83.0 Å². The van der Waals surface area contributed by atoms with Crippen LogP contribution >= 0.6 is 0 Å². The molecule has 8 aromatic carbocycles. The topological polar surface area (TPSA) is 17.8 Å². The van der Waals surface area contributed by atoms with E-state index in [0.29, 0.717) is 0 Å². The molecule has 0 amide bonds. The SMILES string of the molecule is Cc1ccc2c(-c3ccc(-c4nc5ccccc5n4-c4ccccc4)cc3)c3ccccc3c(-c3ccc4c(c3)C(C)(C)c3ccccc3-4)c2c1. The Morgan fingerprint density at radius 2 is 1.08 bits per heavy atom. The van der Waals surface area contributed by atoms with E-state index in [1.165, 1.54) is 71.6 Å². The van der Waals surface area contributed by atoms with Crippen molar-refractivity contribution in [2.24, 2.45) is 0 Å². The lowest BCUT2D eigenvalue weighted by molar-refractivity contribution is 0.660. The molecule has 0 saturated heterocycles. The van der Waals surface area contributed by atoms with Crippen LogP contribution in [-0.4, -0.2) is 9.55 Å². The zero-order valence-electron chi connectivity index (χ0n) is 29.0. The van der Waals surface area contributed by atoms with E-state index in [1.807, 2.05) is 0 Å². The van der Waals surface area contributed by atoms with Gasteiger partial charge in [0, 0.05) is 16.7 Å². The first-order valence-electron chi connectivity index (χ1n) is 17.8. The van der Waals surface area contributed by atoms with Crippen LogP contribution in [0.2, 0.25) is 0 Å². The number of imidazole rings is 1. The van der Waals surface area contributed by atoms with Crippen molar-refractivity contribution in [2.45, 2.75) is 26.2 Å². The van der Waals surface area contributed by atoms with Gasteiger partial charge in [-0.15, -0.1) is 0 Å². The molecule has 1 heterocycles. The second kappa shape index (κ2) is 11.1. The average molecular weight is 653 g/mol. The standard InChI is InChI=1S/C49H36N2/c1-31-21-27-40-41(29-31)47(34-26-28-37-36-15-9-10-18-42(36)49(2,3)43(37)30-34)39-17-8-7-16-38(39)46(40)32-22-24-33(25-23-32)48-50-44-19-11-12-20-45(44)51(48)35-13-5-4-6-14-35/h4-30H,1-3H3. The highest BCUT2D eigenvalue weighted by Gasteiger charge is 2.35. The molecule has 1 aliphatic carbocycles. The highest BCUT2D eigenvalue weighted by atomic mass is 15.1. The molecular formula is C49H36N2. The highest BCUT2D eigenvalue weighted by Crippen LogP contribution is 2.51. The van der Waals surface area contributed by atoms with Gasteiger partial charge in [0.05, 0.1) is 11.0 Å². The lowest BCUT2D eigenvalue weighted by Crippen LogP contribution is -2.14. The van der Waals surface area contributed by atoms with Crippen LogP contribution in [0.3, 0.4) is 0 Å². The number of aryl methyl sites for hydroxylation is 1. The Morgan fingerprint density at radius 1 is 0.471 bits per heavy atom. The van der Waals surface area contributed by atoms with Gasteiger partial charge in [-0.25, -0.2) is 4.98 Å². The van der Waals surface area contributed by atoms with Gasteiger partial charge in [0.25, 0.3) is 0 Å². The summed E-state index contributed by atoms with van der Waals surface area (Å²) in [5, 5.41) is 5.08. The molecule has 2 heteroatoms. The summed E-state index contributed by atoms with van der Waals surface area (Å²) in [5.74, 6) is 0.941. The molecular weight excluding hydrogens is 617 g/mol. The molecule has 0 unspecified atom stereocenters. The molecule has 9 aromatic rings. The number of benzene rings is 8. The number of hydrogen-bond acceptors (Lipinski definition) is 1. The monoisotopic (exact) mass is 652 g/mol. The van der Waals surface area contributed by atoms with Crippen LogP contribution in [0.15, 0.2) is 164 Å². The van der Waals surface area contributed by atoms with Crippen molar-refractivity contribution >= 4 is 32.6 Å². The van der Waals surface area contributed by atoms with Gasteiger partial charge < -0.3 is 0 Å². The first kappa shape index (κ1) is 29.6. The Kier molecular flexibility index (Phi) is 6.47. The Hall–Kier alpha value is -6.25. The van der Waals surface area contributed by atoms with Crippen LogP contribution in [-0.2, 0) is 5.41 Å². The van der Waals surface area contributed by atoms with E-state index >= 15 is 0 Å². The van der Waals surface area contributed by atoms with Gasteiger partial charge in [-0.3, -0.25) is 4.57 Å². The van der Waals surface area contributed by atoms with Crippen molar-refractivity contribution < 1.29 is 0 Å². The van der Waals surface area contributed by atoms with E-state index < -0.39 is 0 Å². The minimum absolute atomic E-state index is 0.0633. The van der Waals surface area contributed by atoms with E-state index in [2.05, 4.69) is 189 Å². The van der Waals surface area contributed by atoms with Gasteiger partial charge in [-0.2, -0.15) is 0 Å². The Morgan fingerprint density at radius 3 is 1.88 bits per heavy atom. The van der Waals surface area contributed by atoms with Gasteiger partial charge in [-0.05, 0) is 103 Å². The Balaban J connectivity index is 1.17. The first-order chi connectivity index (χ1) is 25.0. The number of rotatable bonds is 4. The number of hydrogen-bond donors (Lipinski definition) is 0. The van der Waals surface area contributed by atoms with Crippen molar-refractivity contribution in [2.75, 3.05) is 0 Å². The summed E-state index contributed by atoms with van der Waals surface area (Å²) in [5.41, 5.74) is 16.0. The largest absolute Gasteiger partial charge is 0.292 e. The average Bonchev–Trinajstić information content (AvgIpc) is 3.67. The molecule has 0 aliphatic heterocycles. The minimum Gasteiger partial charge on any atom is -0.292 e. The number of aromatic nitrogens is 2. The van der Waals surface area contributed by atoms with Gasteiger partial charge in [0.2, 0.25) is 0 Å². The fraction of sp³-hybridized carbons (Fsp3) is 0.0816. The second-order valence-electron chi connectivity index (χ2n) is 14.4. The molecule has 0 bridgehead atoms. The molecule has 2 nitrogen and oxygen atoms in total. The summed E-state index contributed by atoms with van der Waals surface area (Å²) >= 11 is 0. The molecule has 0 fully saturated rings. The lowest BCUT2D eigenvalue weighted by Gasteiger charge is -2.23. The minimum atomic E-state index is -0.0633. The van der Waals surface area contributed by atoms with E-state index in [1.54, 1.807) is 0 Å². The van der Waals surface area contributed by atoms with Crippen LogP contribution in [0.5, 0.6) is 0 Å². The van der Waals surface area contributed by atoms with Crippen molar-refractivity contribution in [1.29, 1.82) is 0 Å². The molecule has 1 aliphatic rings. The summed E-state index contributed by atoms with van der Waals surface area (Å²) in [6, 6.07) is 59.9. The maximum absolute atomic E-state index is 5.13. The Labute approximate surface area is 298 Å². The van der Waals surface area contributed by atoms with Crippen LogP contribution < -0.4 is 0 Å². The third-order valence-corrected chi connectivity index (χ3v) is 11.1. The highest BCUT2D eigenvalue weighted by molar-refractivity contribution is 6.21. The molecule has 10 rings (SSSR count). The number of para-hydroxylation sites is 3. The number of fused-ring (bicyclic) bond motifs is 6. The van der Waals surface area contributed by atoms with Gasteiger partial charge in [-0.1, -0.05) is 153 Å². The zero-order valence-corrected chi connectivity index (χ0v) is 29.0. The summed E-state index contributed by atoms with van der Waals surface area (Å²) in [6.45, 7) is 6.93. The van der Waals surface area contributed by atoms with Crippen molar-refractivity contribution in [3.05, 3.63) is 180 Å². The molecule has 242 valence electrons. The fourth-order valence-electron chi connectivity index (χ4n) is 8.62. The van der Waals surface area contributed by atoms with Crippen LogP contribution in [0, 0.1) is 6.92 Å². The molecule has 0 N–H and O–H groups in total.